The molecule has 0 aliphatic rings. The fraction of sp³-hybridized carbons (Fsp3) is 0.312. The molecule has 0 saturated heterocycles. The van der Waals surface area contributed by atoms with Crippen molar-refractivity contribution < 1.29 is 17.9 Å². The van der Waals surface area contributed by atoms with E-state index in [2.05, 4.69) is 5.32 Å². The minimum absolute atomic E-state index is 0.0721. The SMILES string of the molecule is COC(CNC(=O)CCS(=O)(=O)c1ccccc1)c1ccsc1. The molecular formula is C16H19NO4S2. The average molecular weight is 353 g/mol. The summed E-state index contributed by atoms with van der Waals surface area (Å²) >= 11 is 1.56. The molecule has 1 heterocycles. The normalized spacial score (nSPS) is 12.7. The Hall–Kier alpha value is -1.70. The van der Waals surface area contributed by atoms with Gasteiger partial charge in [-0.2, -0.15) is 11.3 Å². The summed E-state index contributed by atoms with van der Waals surface area (Å²) in [6, 6.07) is 10.1. The first-order valence-corrected chi connectivity index (χ1v) is 9.72. The first-order valence-electron chi connectivity index (χ1n) is 7.12. The van der Waals surface area contributed by atoms with Gasteiger partial charge in [0.15, 0.2) is 9.84 Å². The molecule has 5 nitrogen and oxygen atoms in total. The highest BCUT2D eigenvalue weighted by Crippen LogP contribution is 2.18. The van der Waals surface area contributed by atoms with E-state index in [-0.39, 0.29) is 29.1 Å². The number of carbonyl (C=O) groups is 1. The second kappa shape index (κ2) is 8.24. The molecule has 0 radical (unpaired) electrons. The minimum Gasteiger partial charge on any atom is -0.375 e. The number of carbonyl (C=O) groups excluding carboxylic acids is 1. The zero-order valence-electron chi connectivity index (χ0n) is 12.8. The monoisotopic (exact) mass is 353 g/mol. The van der Waals surface area contributed by atoms with Crippen molar-refractivity contribution in [2.24, 2.45) is 0 Å². The van der Waals surface area contributed by atoms with Crippen molar-refractivity contribution in [3.05, 3.63) is 52.7 Å². The summed E-state index contributed by atoms with van der Waals surface area (Å²) < 4.78 is 29.6. The smallest absolute Gasteiger partial charge is 0.221 e. The number of methoxy groups -OCH3 is 1. The zero-order chi connectivity index (χ0) is 16.7. The van der Waals surface area contributed by atoms with Gasteiger partial charge in [0, 0.05) is 20.1 Å². The van der Waals surface area contributed by atoms with Gasteiger partial charge in [-0.05, 0) is 34.5 Å². The number of hydrogen-bond donors (Lipinski definition) is 1. The Labute approximate surface area is 140 Å². The fourth-order valence-corrected chi connectivity index (χ4v) is 4.03. The molecule has 1 unspecified atom stereocenters. The number of sulfone groups is 1. The molecule has 0 fully saturated rings. The molecule has 1 atom stereocenters. The maximum atomic E-state index is 12.1. The molecule has 0 spiro atoms. The van der Waals surface area contributed by atoms with Crippen LogP contribution >= 0.6 is 11.3 Å². The maximum Gasteiger partial charge on any atom is 0.221 e. The summed E-state index contributed by atoms with van der Waals surface area (Å²) in [6.07, 6.45) is -0.298. The lowest BCUT2D eigenvalue weighted by molar-refractivity contribution is -0.121. The van der Waals surface area contributed by atoms with Crippen LogP contribution in [0.1, 0.15) is 18.1 Å². The van der Waals surface area contributed by atoms with Gasteiger partial charge in [0.25, 0.3) is 0 Å². The predicted octanol–water partition coefficient (Wildman–Crippen LogP) is 2.42. The van der Waals surface area contributed by atoms with Gasteiger partial charge >= 0.3 is 0 Å². The molecule has 0 bridgehead atoms. The summed E-state index contributed by atoms with van der Waals surface area (Å²) in [5.41, 5.74) is 0.995. The Morgan fingerprint density at radius 1 is 1.26 bits per heavy atom. The first kappa shape index (κ1) is 17.7. The Morgan fingerprint density at radius 2 is 2.00 bits per heavy atom. The summed E-state index contributed by atoms with van der Waals surface area (Å²) in [4.78, 5) is 12.1. The maximum absolute atomic E-state index is 12.1. The fourth-order valence-electron chi connectivity index (χ4n) is 2.06. The molecule has 1 aromatic heterocycles. The van der Waals surface area contributed by atoms with Crippen LogP contribution in [0.2, 0.25) is 0 Å². The Morgan fingerprint density at radius 3 is 2.61 bits per heavy atom. The molecule has 1 N–H and O–H groups in total. The Balaban J connectivity index is 1.83. The van der Waals surface area contributed by atoms with Crippen molar-refractivity contribution in [1.29, 1.82) is 0 Å². The standard InChI is InChI=1S/C16H19NO4S2/c1-21-15(13-7-9-22-12-13)11-17-16(18)8-10-23(19,20)14-5-3-2-4-6-14/h2-7,9,12,15H,8,10-11H2,1H3,(H,17,18). The number of hydrogen-bond acceptors (Lipinski definition) is 5. The van der Waals surface area contributed by atoms with Gasteiger partial charge in [0.2, 0.25) is 5.91 Å². The van der Waals surface area contributed by atoms with Crippen LogP contribution in [0.3, 0.4) is 0 Å². The van der Waals surface area contributed by atoms with Crippen molar-refractivity contribution in [1.82, 2.24) is 5.32 Å². The molecule has 0 aliphatic carbocycles. The van der Waals surface area contributed by atoms with E-state index in [4.69, 9.17) is 4.74 Å². The van der Waals surface area contributed by atoms with E-state index >= 15 is 0 Å². The third kappa shape index (κ3) is 5.16. The van der Waals surface area contributed by atoms with Crippen LogP contribution in [0.5, 0.6) is 0 Å². The van der Waals surface area contributed by atoms with Crippen LogP contribution in [0, 0.1) is 0 Å². The number of nitrogens with one attached hydrogen (secondary N) is 1. The Bertz CT molecular complexity index is 712. The number of ether oxygens (including phenoxy) is 1. The number of benzene rings is 1. The number of thiophene rings is 1. The van der Waals surface area contributed by atoms with Gasteiger partial charge in [0.1, 0.15) is 6.10 Å². The van der Waals surface area contributed by atoms with E-state index in [1.807, 2.05) is 16.8 Å². The molecule has 2 aromatic rings. The van der Waals surface area contributed by atoms with Crippen molar-refractivity contribution in [3.63, 3.8) is 0 Å². The third-order valence-electron chi connectivity index (χ3n) is 3.38. The second-order valence-corrected chi connectivity index (χ2v) is 7.86. The summed E-state index contributed by atoms with van der Waals surface area (Å²) in [5.74, 6) is -0.513. The topological polar surface area (TPSA) is 72.5 Å². The largest absolute Gasteiger partial charge is 0.375 e. The predicted molar refractivity (Wildman–Crippen MR) is 90.2 cm³/mol. The molecule has 124 valence electrons. The van der Waals surface area contributed by atoms with Crippen molar-refractivity contribution in [2.45, 2.75) is 17.4 Å². The highest BCUT2D eigenvalue weighted by molar-refractivity contribution is 7.91. The Kier molecular flexibility index (Phi) is 6.32. The van der Waals surface area contributed by atoms with Crippen LogP contribution in [-0.2, 0) is 19.4 Å². The van der Waals surface area contributed by atoms with Crippen LogP contribution in [0.4, 0.5) is 0 Å². The van der Waals surface area contributed by atoms with Crippen LogP contribution in [0.25, 0.3) is 0 Å². The number of rotatable bonds is 8. The van der Waals surface area contributed by atoms with Crippen LogP contribution in [-0.4, -0.2) is 33.7 Å². The lowest BCUT2D eigenvalue weighted by Gasteiger charge is -2.15. The lowest BCUT2D eigenvalue weighted by Crippen LogP contribution is -2.30. The van der Waals surface area contributed by atoms with E-state index in [9.17, 15) is 13.2 Å². The summed E-state index contributed by atoms with van der Waals surface area (Å²) in [5, 5.41) is 6.62. The minimum atomic E-state index is -3.43. The molecule has 0 saturated carbocycles. The molecule has 0 aliphatic heterocycles. The average Bonchev–Trinajstić information content (AvgIpc) is 3.09. The van der Waals surface area contributed by atoms with Crippen LogP contribution < -0.4 is 5.32 Å². The van der Waals surface area contributed by atoms with E-state index < -0.39 is 9.84 Å². The molecular weight excluding hydrogens is 334 g/mol. The van der Waals surface area contributed by atoms with Crippen molar-refractivity contribution >= 4 is 27.1 Å². The van der Waals surface area contributed by atoms with E-state index in [1.165, 1.54) is 12.1 Å². The van der Waals surface area contributed by atoms with E-state index in [0.29, 0.717) is 6.54 Å². The molecule has 2 rings (SSSR count). The molecule has 7 heteroatoms. The number of amides is 1. The van der Waals surface area contributed by atoms with E-state index in [1.54, 1.807) is 36.6 Å². The third-order valence-corrected chi connectivity index (χ3v) is 5.82. The van der Waals surface area contributed by atoms with Gasteiger partial charge in [-0.15, -0.1) is 0 Å². The quantitative estimate of drug-likeness (QED) is 0.791. The van der Waals surface area contributed by atoms with Crippen LogP contribution in [0.15, 0.2) is 52.1 Å². The zero-order valence-corrected chi connectivity index (χ0v) is 14.4. The van der Waals surface area contributed by atoms with Crippen molar-refractivity contribution in [2.75, 3.05) is 19.4 Å². The molecule has 1 amide bonds. The van der Waals surface area contributed by atoms with Gasteiger partial charge in [0.05, 0.1) is 10.6 Å². The molecule has 1 aromatic carbocycles. The summed E-state index contributed by atoms with van der Waals surface area (Å²) in [7, 11) is -1.86. The highest BCUT2D eigenvalue weighted by Gasteiger charge is 2.17. The molecule has 23 heavy (non-hydrogen) atoms. The van der Waals surface area contributed by atoms with Gasteiger partial charge in [-0.1, -0.05) is 18.2 Å². The first-order chi connectivity index (χ1) is 11.0. The second-order valence-electron chi connectivity index (χ2n) is 4.97. The van der Waals surface area contributed by atoms with Gasteiger partial charge in [-0.3, -0.25) is 4.79 Å². The highest BCUT2D eigenvalue weighted by atomic mass is 32.2. The lowest BCUT2D eigenvalue weighted by atomic mass is 10.2. The van der Waals surface area contributed by atoms with Gasteiger partial charge in [-0.25, -0.2) is 8.42 Å². The van der Waals surface area contributed by atoms with E-state index in [0.717, 1.165) is 5.56 Å². The van der Waals surface area contributed by atoms with Crippen molar-refractivity contribution in [3.8, 4) is 0 Å². The van der Waals surface area contributed by atoms with Gasteiger partial charge < -0.3 is 10.1 Å². The summed E-state index contributed by atoms with van der Waals surface area (Å²) in [6.45, 7) is 0.317.